The molecule has 6 aromatic carbocycles. The molecule has 4 fully saturated rings. The van der Waals surface area contributed by atoms with E-state index in [1.807, 2.05) is 23.5 Å². The second-order valence-electron chi connectivity index (χ2n) is 21.8. The summed E-state index contributed by atoms with van der Waals surface area (Å²) >= 11 is 16.3. The number of thiocarbonyl (C=S) groups is 1. The summed E-state index contributed by atoms with van der Waals surface area (Å²) in [6, 6.07) is 44.0. The van der Waals surface area contributed by atoms with Crippen molar-refractivity contribution >= 4 is 113 Å². The van der Waals surface area contributed by atoms with Crippen molar-refractivity contribution in [1.29, 1.82) is 0 Å². The molecule has 0 radical (unpaired) electrons. The second-order valence-corrected chi connectivity index (χ2v) is 28.4. The van der Waals surface area contributed by atoms with E-state index in [4.69, 9.17) is 17.0 Å². The number of unbranched alkanes of at least 4 members (excludes halogenated alkanes) is 2. The summed E-state index contributed by atoms with van der Waals surface area (Å²) in [6.45, 7) is 13.4. The first-order chi connectivity index (χ1) is 37.8. The quantitative estimate of drug-likeness (QED) is 0.0247. The minimum absolute atomic E-state index is 0.141. The zero-order valence-corrected chi connectivity index (χ0v) is 50.2. The zero-order chi connectivity index (χ0) is 52.5. The number of hydrogen-bond acceptors (Lipinski definition) is 9. The number of benzene rings is 6. The molecule has 398 valence electrons. The van der Waals surface area contributed by atoms with Crippen molar-refractivity contribution in [1.82, 2.24) is 14.7 Å². The molecular weight excluding hydrogens is 1060 g/mol. The second kappa shape index (κ2) is 24.0. The van der Waals surface area contributed by atoms with E-state index in [9.17, 15) is 0 Å². The largest absolute Gasteiger partial charge is 0.497 e. The minimum atomic E-state index is -0.172. The van der Waals surface area contributed by atoms with E-state index in [2.05, 4.69) is 202 Å². The third kappa shape index (κ3) is 10.7. The van der Waals surface area contributed by atoms with Gasteiger partial charge in [0.05, 0.1) is 20.2 Å². The summed E-state index contributed by atoms with van der Waals surface area (Å²) in [5, 5.41) is 5.14. The third-order valence-electron chi connectivity index (χ3n) is 17.4. The minimum Gasteiger partial charge on any atom is -0.497 e. The van der Waals surface area contributed by atoms with Gasteiger partial charge < -0.3 is 9.64 Å². The van der Waals surface area contributed by atoms with Crippen LogP contribution in [0.15, 0.2) is 144 Å². The van der Waals surface area contributed by atoms with Crippen LogP contribution in [-0.2, 0) is 4.08 Å². The van der Waals surface area contributed by atoms with Gasteiger partial charge in [-0.05, 0) is 196 Å². The summed E-state index contributed by atoms with van der Waals surface area (Å²) in [5.74, 6) is 4.52. The lowest BCUT2D eigenvalue weighted by atomic mass is 9.63. The van der Waals surface area contributed by atoms with Gasteiger partial charge in [-0.15, -0.1) is 0 Å². The average Bonchev–Trinajstić information content (AvgIpc) is 4.06. The Balaban J connectivity index is 0.918. The molecule has 11 heteroatoms. The number of aryl methyl sites for hydroxylation is 1. The molecule has 6 aliphatic rings. The number of nitrogens with zero attached hydrogens (tertiary/aromatic N) is 4. The van der Waals surface area contributed by atoms with Crippen molar-refractivity contribution in [3.63, 3.8) is 0 Å². The van der Waals surface area contributed by atoms with Crippen LogP contribution in [0.5, 0.6) is 5.75 Å². The first-order valence-corrected chi connectivity index (χ1v) is 33.8. The Morgan fingerprint density at radius 1 is 0.714 bits per heavy atom. The van der Waals surface area contributed by atoms with Crippen molar-refractivity contribution in [2.45, 2.75) is 53.9 Å². The highest BCUT2D eigenvalue weighted by atomic mass is 32.3. The van der Waals surface area contributed by atoms with Crippen LogP contribution in [-0.4, -0.2) is 125 Å². The van der Waals surface area contributed by atoms with Gasteiger partial charge in [0.25, 0.3) is 4.38 Å². The van der Waals surface area contributed by atoms with Crippen molar-refractivity contribution in [2.75, 3.05) is 96.6 Å². The van der Waals surface area contributed by atoms with Crippen LogP contribution in [0, 0.1) is 24.7 Å². The van der Waals surface area contributed by atoms with Crippen molar-refractivity contribution in [3.05, 3.63) is 178 Å². The highest BCUT2D eigenvalue weighted by molar-refractivity contribution is 8.53. The van der Waals surface area contributed by atoms with E-state index in [1.165, 1.54) is 131 Å². The molecule has 3 heterocycles. The van der Waals surface area contributed by atoms with E-state index in [0.29, 0.717) is 11.8 Å². The fourth-order valence-corrected chi connectivity index (χ4v) is 19.1. The molecule has 3 aliphatic heterocycles. The third-order valence-corrected chi connectivity index (χ3v) is 23.7. The highest BCUT2D eigenvalue weighted by Gasteiger charge is 2.56. The Bertz CT molecular complexity index is 3170. The lowest BCUT2D eigenvalue weighted by Crippen LogP contribution is -2.47. The summed E-state index contributed by atoms with van der Waals surface area (Å²) in [5.41, 5.74) is 12.5. The Labute approximate surface area is 485 Å². The maximum absolute atomic E-state index is 6.37. The number of thioether (sulfide) groups is 5. The van der Waals surface area contributed by atoms with Gasteiger partial charge in [0.2, 0.25) is 0 Å². The molecule has 4 atom stereocenters. The first kappa shape index (κ1) is 53.7. The maximum Gasteiger partial charge on any atom is 0.274 e. The molecule has 0 amide bonds. The van der Waals surface area contributed by atoms with Crippen molar-refractivity contribution < 1.29 is 9.31 Å². The van der Waals surface area contributed by atoms with E-state index in [-0.39, 0.29) is 15.9 Å². The molecule has 3 saturated heterocycles. The van der Waals surface area contributed by atoms with Crippen LogP contribution in [0.25, 0.3) is 33.2 Å². The monoisotopic (exact) mass is 1130 g/mol. The van der Waals surface area contributed by atoms with Gasteiger partial charge in [0, 0.05) is 37.0 Å². The molecule has 1 saturated carbocycles. The highest BCUT2D eigenvalue weighted by Crippen LogP contribution is 2.68. The Kier molecular flexibility index (Phi) is 16.8. The number of methoxy groups -OCH3 is 1. The van der Waals surface area contributed by atoms with E-state index >= 15 is 0 Å². The predicted octanol–water partition coefficient (Wildman–Crippen LogP) is 15.4. The van der Waals surface area contributed by atoms with Gasteiger partial charge in [-0.2, -0.15) is 23.5 Å². The predicted molar refractivity (Wildman–Crippen MR) is 343 cm³/mol. The van der Waals surface area contributed by atoms with E-state index in [0.717, 1.165) is 68.8 Å². The fraction of sp³-hybridized carbons (Fsp3) is 0.394. The first-order valence-electron chi connectivity index (χ1n) is 28.1. The molecule has 77 heavy (non-hydrogen) atoms. The number of piperazine rings is 2. The van der Waals surface area contributed by atoms with Gasteiger partial charge in [0.1, 0.15) is 14.1 Å². The molecule has 3 aliphatic carbocycles. The van der Waals surface area contributed by atoms with Crippen molar-refractivity contribution in [3.8, 4) is 5.75 Å². The summed E-state index contributed by atoms with van der Waals surface area (Å²) < 4.78 is 10.9. The lowest BCUT2D eigenvalue weighted by molar-refractivity contribution is -0.535. The lowest BCUT2D eigenvalue weighted by Gasteiger charge is -2.46. The molecule has 6 aromatic rings. The Morgan fingerprint density at radius 2 is 1.30 bits per heavy atom. The number of hydrogen-bond donors (Lipinski definition) is 0. The van der Waals surface area contributed by atoms with Gasteiger partial charge in [-0.3, -0.25) is 9.80 Å². The van der Waals surface area contributed by atoms with Crippen LogP contribution < -0.4 is 4.74 Å². The number of fused-ring (bicyclic) bond motifs is 8. The zero-order valence-electron chi connectivity index (χ0n) is 45.3. The topological polar surface area (TPSA) is 22.0 Å². The average molecular weight is 1130 g/mol. The SMILES string of the molecule is COc1ccc(C2C(=Cc3c4ccccc4c(SC(=S)N4CCN(CCCCSC)CC4)c4ccccc34)[C@@H]3C=C[C@@H](C3)C2C=C2c3ccccc3C3(SC(=[N+]4CCN(CCCCSC)CC4)S3)c3ccccc32)c(C)c1. The summed E-state index contributed by atoms with van der Waals surface area (Å²) in [7, 11) is 1.79. The smallest absolute Gasteiger partial charge is 0.274 e. The van der Waals surface area contributed by atoms with Crippen LogP contribution in [0.1, 0.15) is 77.0 Å². The fourth-order valence-electron chi connectivity index (χ4n) is 13.3. The molecule has 0 aromatic heterocycles. The molecule has 5 nitrogen and oxygen atoms in total. The van der Waals surface area contributed by atoms with Crippen molar-refractivity contribution in [2.24, 2.45) is 17.8 Å². The van der Waals surface area contributed by atoms with E-state index in [1.54, 1.807) is 18.9 Å². The normalized spacial score (nSPS) is 23.7. The molecule has 0 N–H and O–H groups in total. The van der Waals surface area contributed by atoms with Gasteiger partial charge in [-0.1, -0.05) is 157 Å². The summed E-state index contributed by atoms with van der Waals surface area (Å²) in [4.78, 5) is 9.05. The molecule has 2 bridgehead atoms. The van der Waals surface area contributed by atoms with Gasteiger partial charge in [0.15, 0.2) is 13.1 Å². The molecular formula is C66H73N4OS6+. The Hall–Kier alpha value is -3.91. The maximum atomic E-state index is 6.37. The molecule has 2 unspecified atom stereocenters. The van der Waals surface area contributed by atoms with Crippen LogP contribution in [0.2, 0.25) is 0 Å². The van der Waals surface area contributed by atoms with Gasteiger partial charge >= 0.3 is 0 Å². The van der Waals surface area contributed by atoms with Crippen LogP contribution in [0.3, 0.4) is 0 Å². The van der Waals surface area contributed by atoms with Crippen LogP contribution >= 0.6 is 71.0 Å². The number of allylic oxidation sites excluding steroid dienone is 4. The standard InChI is InChI=1S/C66H73N4OS6/c1-45-41-48(71-2)27-28-49(45)62-56(43-58-50-17-5-7-21-54(50)63(55-22-8-6-18-51(55)58)75-64(72)69-35-31-67(32-36-69)29-13-15-39-73-3)46-25-26-47(42-46)57(62)44-59-52-19-9-11-23-60(52)66(61-24-12-10-20-53(59)61)76-65(77-66)70-37-33-68(34-38-70)30-14-16-40-74-4/h5-12,17-28,41,43-44,46-47,57,62H,13-16,29-40,42H2,1-4H3/q+1/t46-,47+,57?,62?/m1/s1. The number of ether oxygens (including phenoxy) is 1. The number of rotatable bonds is 15. The van der Waals surface area contributed by atoms with Gasteiger partial charge in [-0.25, -0.2) is 4.58 Å². The van der Waals surface area contributed by atoms with Crippen LogP contribution in [0.4, 0.5) is 0 Å². The molecule has 1 spiro atoms. The summed E-state index contributed by atoms with van der Waals surface area (Å²) in [6.07, 6.45) is 21.2. The Morgan fingerprint density at radius 3 is 1.90 bits per heavy atom. The molecule has 12 rings (SSSR count). The van der Waals surface area contributed by atoms with E-state index < -0.39 is 0 Å².